The first-order valence-corrected chi connectivity index (χ1v) is 20.9. The third kappa shape index (κ3) is 24.7. The van der Waals surface area contributed by atoms with Crippen LogP contribution in [0, 0.1) is 11.8 Å². The molecule has 274 valence electrons. The lowest BCUT2D eigenvalue weighted by atomic mass is 9.83. The number of allylic oxidation sites excluding steroid dienone is 2. The third-order valence-electron chi connectivity index (χ3n) is 11.0. The second-order valence-electron chi connectivity index (χ2n) is 15.7. The fourth-order valence-electron chi connectivity index (χ4n) is 7.97. The van der Waals surface area contributed by atoms with E-state index in [-0.39, 0.29) is 6.10 Å². The van der Waals surface area contributed by atoms with Crippen molar-refractivity contribution < 1.29 is 9.47 Å². The van der Waals surface area contributed by atoms with Crippen molar-refractivity contribution in [2.24, 2.45) is 11.8 Å². The van der Waals surface area contributed by atoms with Gasteiger partial charge in [0.1, 0.15) is 0 Å². The van der Waals surface area contributed by atoms with E-state index in [1.54, 1.807) is 0 Å². The zero-order valence-electron chi connectivity index (χ0n) is 32.6. The first-order valence-electron chi connectivity index (χ1n) is 20.9. The molecule has 0 radical (unpaired) electrons. The summed E-state index contributed by atoms with van der Waals surface area (Å²) in [6.45, 7) is 8.13. The van der Waals surface area contributed by atoms with Gasteiger partial charge in [0.2, 0.25) is 0 Å². The summed E-state index contributed by atoms with van der Waals surface area (Å²) in [6.07, 6.45) is 45.9. The highest BCUT2D eigenvalue weighted by Gasteiger charge is 2.32. The molecule has 0 saturated heterocycles. The van der Waals surface area contributed by atoms with Gasteiger partial charge >= 0.3 is 0 Å². The monoisotopic (exact) mass is 648 g/mol. The van der Waals surface area contributed by atoms with Crippen LogP contribution in [-0.2, 0) is 9.47 Å². The Kier molecular flexibility index (Phi) is 29.1. The second-order valence-corrected chi connectivity index (χ2v) is 15.7. The quantitative estimate of drug-likeness (QED) is 0.211. The van der Waals surface area contributed by atoms with Crippen LogP contribution in [0.5, 0.6) is 0 Å². The predicted octanol–water partition coefficient (Wildman–Crippen LogP) is 13.8. The van der Waals surface area contributed by atoms with Crippen LogP contribution in [0.3, 0.4) is 0 Å². The number of hydrogen-bond acceptors (Lipinski definition) is 3. The molecule has 1 rings (SSSR count). The summed E-state index contributed by atoms with van der Waals surface area (Å²) in [4.78, 5) is 2.22. The van der Waals surface area contributed by atoms with Gasteiger partial charge in [0, 0.05) is 26.5 Å². The molecule has 46 heavy (non-hydrogen) atoms. The van der Waals surface area contributed by atoms with Crippen molar-refractivity contribution in [1.29, 1.82) is 0 Å². The Balaban J connectivity index is 2.50. The molecule has 3 unspecified atom stereocenters. The number of ether oxygens (including phenoxy) is 2. The van der Waals surface area contributed by atoms with E-state index in [1.165, 1.54) is 180 Å². The van der Waals surface area contributed by atoms with Crippen LogP contribution in [0.15, 0.2) is 12.2 Å². The standard InChI is InChI=1S/C43H85NO2/c1-7-42-36-32-28-24-20-16-12-10-14-18-22-26-30-34-38-43(45-6,46-41(3)39-44(4)5)37-33-29-25-21-17-13-9-8-11-15-19-23-27-31-35-40(42)2/h10,14,40-42H,7-9,11-13,15-39H2,1-6H3/b14-10+/t40-,41?,42?,43?/m0/s1. The summed E-state index contributed by atoms with van der Waals surface area (Å²) < 4.78 is 12.9. The van der Waals surface area contributed by atoms with E-state index >= 15 is 0 Å². The lowest BCUT2D eigenvalue weighted by molar-refractivity contribution is -0.253. The second kappa shape index (κ2) is 30.7. The van der Waals surface area contributed by atoms with Gasteiger partial charge in [-0.3, -0.25) is 0 Å². The maximum atomic E-state index is 6.67. The molecular formula is C43H85NO2. The van der Waals surface area contributed by atoms with Crippen LogP contribution in [0.1, 0.15) is 213 Å². The van der Waals surface area contributed by atoms with Crippen LogP contribution in [0.25, 0.3) is 0 Å². The van der Waals surface area contributed by atoms with Gasteiger partial charge in [-0.2, -0.15) is 0 Å². The molecule has 0 heterocycles. The Morgan fingerprint density at radius 3 is 1.41 bits per heavy atom. The van der Waals surface area contributed by atoms with Gasteiger partial charge in [-0.25, -0.2) is 0 Å². The van der Waals surface area contributed by atoms with Gasteiger partial charge in [0.25, 0.3) is 0 Å². The van der Waals surface area contributed by atoms with Crippen LogP contribution in [0.2, 0.25) is 0 Å². The number of hydrogen-bond donors (Lipinski definition) is 0. The largest absolute Gasteiger partial charge is 0.353 e. The topological polar surface area (TPSA) is 21.7 Å². The number of rotatable bonds is 6. The van der Waals surface area contributed by atoms with Gasteiger partial charge in [-0.1, -0.05) is 167 Å². The summed E-state index contributed by atoms with van der Waals surface area (Å²) in [7, 11) is 6.15. The Bertz CT molecular complexity index is 663. The summed E-state index contributed by atoms with van der Waals surface area (Å²) in [5.41, 5.74) is 0. The maximum absolute atomic E-state index is 6.67. The van der Waals surface area contributed by atoms with Gasteiger partial charge in [0.15, 0.2) is 5.79 Å². The Labute approximate surface area is 290 Å². The summed E-state index contributed by atoms with van der Waals surface area (Å²) >= 11 is 0. The molecule has 0 aromatic carbocycles. The van der Waals surface area contributed by atoms with Crippen molar-refractivity contribution in [2.75, 3.05) is 27.7 Å². The molecule has 0 N–H and O–H groups in total. The average molecular weight is 648 g/mol. The Hall–Kier alpha value is -0.380. The van der Waals surface area contributed by atoms with Crippen molar-refractivity contribution in [3.8, 4) is 0 Å². The lowest BCUT2D eigenvalue weighted by Crippen LogP contribution is -2.41. The molecule has 4 atom stereocenters. The summed E-state index contributed by atoms with van der Waals surface area (Å²) in [5.74, 6) is 1.47. The molecule has 0 spiro atoms. The average Bonchev–Trinajstić information content (AvgIpc) is 3.03. The van der Waals surface area contributed by atoms with E-state index in [2.05, 4.69) is 51.9 Å². The fourth-order valence-corrected chi connectivity index (χ4v) is 7.97. The lowest BCUT2D eigenvalue weighted by Gasteiger charge is -2.36. The van der Waals surface area contributed by atoms with Crippen LogP contribution < -0.4 is 0 Å². The van der Waals surface area contributed by atoms with Crippen molar-refractivity contribution in [2.45, 2.75) is 225 Å². The van der Waals surface area contributed by atoms with Gasteiger partial charge in [-0.15, -0.1) is 0 Å². The molecule has 1 aliphatic rings. The van der Waals surface area contributed by atoms with Crippen LogP contribution >= 0.6 is 0 Å². The third-order valence-corrected chi connectivity index (χ3v) is 11.0. The smallest absolute Gasteiger partial charge is 0.168 e. The summed E-state index contributed by atoms with van der Waals surface area (Å²) in [6, 6.07) is 0. The molecule has 3 heteroatoms. The minimum atomic E-state index is -0.414. The Morgan fingerprint density at radius 1 is 0.609 bits per heavy atom. The van der Waals surface area contributed by atoms with E-state index in [0.29, 0.717) is 0 Å². The van der Waals surface area contributed by atoms with Crippen molar-refractivity contribution in [1.82, 2.24) is 4.90 Å². The molecule has 0 aromatic rings. The number of nitrogens with zero attached hydrogens (tertiary/aromatic N) is 1. The highest BCUT2D eigenvalue weighted by Crippen LogP contribution is 2.30. The van der Waals surface area contributed by atoms with E-state index in [4.69, 9.17) is 9.47 Å². The predicted molar refractivity (Wildman–Crippen MR) is 205 cm³/mol. The molecular weight excluding hydrogens is 562 g/mol. The molecule has 0 aliphatic heterocycles. The minimum absolute atomic E-state index is 0.183. The molecule has 3 nitrogen and oxygen atoms in total. The zero-order chi connectivity index (χ0) is 33.6. The maximum Gasteiger partial charge on any atom is 0.168 e. The van der Waals surface area contributed by atoms with E-state index in [0.717, 1.165) is 31.2 Å². The molecule has 0 amide bonds. The van der Waals surface area contributed by atoms with Crippen LogP contribution in [-0.4, -0.2) is 44.5 Å². The van der Waals surface area contributed by atoms with E-state index in [1.807, 2.05) is 7.11 Å². The highest BCUT2D eigenvalue weighted by atomic mass is 16.7. The highest BCUT2D eigenvalue weighted by molar-refractivity contribution is 4.81. The molecule has 0 saturated carbocycles. The van der Waals surface area contributed by atoms with Crippen molar-refractivity contribution >= 4 is 0 Å². The van der Waals surface area contributed by atoms with Gasteiger partial charge < -0.3 is 14.4 Å². The SMILES string of the molecule is CCC1CCCCCCC/C=C/CCCCCCC(OC)(OC(C)CN(C)C)CCCCCCCCCCCCCCCC[C@@H]1C. The minimum Gasteiger partial charge on any atom is -0.353 e. The summed E-state index contributed by atoms with van der Waals surface area (Å²) in [5, 5.41) is 0. The van der Waals surface area contributed by atoms with E-state index < -0.39 is 5.79 Å². The zero-order valence-corrected chi connectivity index (χ0v) is 32.6. The molecule has 0 aromatic heterocycles. The van der Waals surface area contributed by atoms with Crippen LogP contribution in [0.4, 0.5) is 0 Å². The van der Waals surface area contributed by atoms with Gasteiger partial charge in [0.05, 0.1) is 6.10 Å². The Morgan fingerprint density at radius 2 is 1.00 bits per heavy atom. The number of methoxy groups -OCH3 is 1. The van der Waals surface area contributed by atoms with E-state index in [9.17, 15) is 0 Å². The fraction of sp³-hybridized carbons (Fsp3) is 0.953. The number of likely N-dealkylation sites (N-methyl/N-ethyl adjacent to an activating group) is 1. The first-order chi connectivity index (χ1) is 22.4. The van der Waals surface area contributed by atoms with Gasteiger partial charge in [-0.05, 0) is 71.4 Å². The van der Waals surface area contributed by atoms with Crippen molar-refractivity contribution in [3.05, 3.63) is 12.2 Å². The molecule has 0 fully saturated rings. The normalized spacial score (nSPS) is 28.6. The van der Waals surface area contributed by atoms with Crippen molar-refractivity contribution in [3.63, 3.8) is 0 Å². The molecule has 1 aliphatic carbocycles. The molecule has 0 bridgehead atoms. The first kappa shape index (κ1) is 43.6.